The SMILES string of the molecule is COc1ccc(N2CC(C)(O)CNCC2(C)C)cc1. The first-order chi connectivity index (χ1) is 8.84. The Kier molecular flexibility index (Phi) is 3.74. The van der Waals surface area contributed by atoms with E-state index in [0.29, 0.717) is 13.1 Å². The van der Waals surface area contributed by atoms with Crippen LogP contribution in [0.3, 0.4) is 0 Å². The van der Waals surface area contributed by atoms with Gasteiger partial charge in [-0.15, -0.1) is 0 Å². The summed E-state index contributed by atoms with van der Waals surface area (Å²) in [6.45, 7) is 8.31. The standard InChI is InChI=1S/C15H24N2O2/c1-14(2)9-16-10-15(3,18)11-17(14)12-5-7-13(19-4)8-6-12/h5-8,16,18H,9-11H2,1-4H3. The van der Waals surface area contributed by atoms with Crippen LogP contribution in [0.4, 0.5) is 5.69 Å². The van der Waals surface area contributed by atoms with Crippen molar-refractivity contribution < 1.29 is 9.84 Å². The minimum absolute atomic E-state index is 0.0465. The largest absolute Gasteiger partial charge is 0.497 e. The number of anilines is 1. The van der Waals surface area contributed by atoms with Gasteiger partial charge in [-0.2, -0.15) is 0 Å². The summed E-state index contributed by atoms with van der Waals surface area (Å²) in [5.41, 5.74) is 0.331. The zero-order valence-electron chi connectivity index (χ0n) is 12.2. The molecule has 2 rings (SSSR count). The van der Waals surface area contributed by atoms with Crippen molar-refractivity contribution in [3.8, 4) is 5.75 Å². The van der Waals surface area contributed by atoms with E-state index >= 15 is 0 Å². The van der Waals surface area contributed by atoms with Gasteiger partial charge in [0.25, 0.3) is 0 Å². The summed E-state index contributed by atoms with van der Waals surface area (Å²) in [6, 6.07) is 8.00. The van der Waals surface area contributed by atoms with Crippen molar-refractivity contribution in [3.63, 3.8) is 0 Å². The number of nitrogens with zero attached hydrogens (tertiary/aromatic N) is 1. The van der Waals surface area contributed by atoms with E-state index < -0.39 is 5.60 Å². The summed E-state index contributed by atoms with van der Waals surface area (Å²) in [6.07, 6.45) is 0. The van der Waals surface area contributed by atoms with E-state index in [0.717, 1.165) is 18.0 Å². The Morgan fingerprint density at radius 2 is 1.79 bits per heavy atom. The van der Waals surface area contributed by atoms with Crippen LogP contribution in [0.25, 0.3) is 0 Å². The van der Waals surface area contributed by atoms with Crippen LogP contribution in [0.15, 0.2) is 24.3 Å². The Labute approximate surface area is 115 Å². The fraction of sp³-hybridized carbons (Fsp3) is 0.600. The first-order valence-corrected chi connectivity index (χ1v) is 6.69. The highest BCUT2D eigenvalue weighted by molar-refractivity contribution is 5.52. The fourth-order valence-corrected chi connectivity index (χ4v) is 2.55. The Hall–Kier alpha value is -1.26. The lowest BCUT2D eigenvalue weighted by molar-refractivity contribution is 0.0720. The molecule has 1 heterocycles. The third-order valence-electron chi connectivity index (χ3n) is 3.68. The second kappa shape index (κ2) is 5.02. The number of nitrogens with one attached hydrogen (secondary N) is 1. The Morgan fingerprint density at radius 1 is 1.16 bits per heavy atom. The van der Waals surface area contributed by atoms with Crippen molar-refractivity contribution >= 4 is 5.69 Å². The van der Waals surface area contributed by atoms with Gasteiger partial charge in [0.2, 0.25) is 0 Å². The highest BCUT2D eigenvalue weighted by atomic mass is 16.5. The quantitative estimate of drug-likeness (QED) is 0.852. The molecule has 1 aliphatic heterocycles. The van der Waals surface area contributed by atoms with Gasteiger partial charge in [-0.25, -0.2) is 0 Å². The molecule has 0 aromatic heterocycles. The molecule has 0 aliphatic carbocycles. The minimum Gasteiger partial charge on any atom is -0.497 e. The molecular weight excluding hydrogens is 240 g/mol. The van der Waals surface area contributed by atoms with Gasteiger partial charge in [0, 0.05) is 30.9 Å². The van der Waals surface area contributed by atoms with E-state index in [1.165, 1.54) is 0 Å². The highest BCUT2D eigenvalue weighted by Gasteiger charge is 2.36. The molecule has 1 saturated heterocycles. The summed E-state index contributed by atoms with van der Waals surface area (Å²) < 4.78 is 5.19. The molecule has 4 nitrogen and oxygen atoms in total. The molecule has 4 heteroatoms. The topological polar surface area (TPSA) is 44.7 Å². The van der Waals surface area contributed by atoms with E-state index in [1.54, 1.807) is 7.11 Å². The van der Waals surface area contributed by atoms with Crippen LogP contribution in [-0.2, 0) is 0 Å². The molecular formula is C15H24N2O2. The van der Waals surface area contributed by atoms with Crippen LogP contribution >= 0.6 is 0 Å². The van der Waals surface area contributed by atoms with Crippen LogP contribution in [0.5, 0.6) is 5.75 Å². The minimum atomic E-state index is -0.728. The van der Waals surface area contributed by atoms with Gasteiger partial charge in [-0.05, 0) is 45.0 Å². The van der Waals surface area contributed by atoms with Crippen LogP contribution < -0.4 is 15.0 Å². The second-order valence-corrected chi connectivity index (χ2v) is 6.20. The fourth-order valence-electron chi connectivity index (χ4n) is 2.55. The zero-order chi connectivity index (χ0) is 14.1. The molecule has 0 saturated carbocycles. The van der Waals surface area contributed by atoms with E-state index in [-0.39, 0.29) is 5.54 Å². The molecule has 1 atom stereocenters. The maximum Gasteiger partial charge on any atom is 0.119 e. The first kappa shape index (κ1) is 14.2. The van der Waals surface area contributed by atoms with E-state index in [4.69, 9.17) is 4.74 Å². The highest BCUT2D eigenvalue weighted by Crippen LogP contribution is 2.29. The lowest BCUT2D eigenvalue weighted by atomic mass is 10.00. The predicted octanol–water partition coefficient (Wildman–Crippen LogP) is 1.63. The Balaban J connectivity index is 2.31. The third kappa shape index (κ3) is 3.19. The smallest absolute Gasteiger partial charge is 0.119 e. The number of hydrogen-bond donors (Lipinski definition) is 2. The molecule has 2 N–H and O–H groups in total. The number of rotatable bonds is 2. The van der Waals surface area contributed by atoms with E-state index in [9.17, 15) is 5.11 Å². The Bertz CT molecular complexity index is 426. The van der Waals surface area contributed by atoms with Crippen molar-refractivity contribution in [2.75, 3.05) is 31.6 Å². The summed E-state index contributed by atoms with van der Waals surface area (Å²) in [4.78, 5) is 2.26. The van der Waals surface area contributed by atoms with Gasteiger partial charge in [0.1, 0.15) is 5.75 Å². The van der Waals surface area contributed by atoms with Gasteiger partial charge in [0.05, 0.1) is 12.7 Å². The van der Waals surface area contributed by atoms with Crippen LogP contribution in [-0.4, -0.2) is 43.0 Å². The molecule has 19 heavy (non-hydrogen) atoms. The van der Waals surface area contributed by atoms with Crippen LogP contribution in [0.2, 0.25) is 0 Å². The lowest BCUT2D eigenvalue weighted by Crippen LogP contribution is -2.51. The maximum atomic E-state index is 10.4. The maximum absolute atomic E-state index is 10.4. The normalized spacial score (nSPS) is 26.9. The number of hydrogen-bond acceptors (Lipinski definition) is 4. The van der Waals surface area contributed by atoms with Crippen molar-refractivity contribution in [1.29, 1.82) is 0 Å². The van der Waals surface area contributed by atoms with Crippen molar-refractivity contribution in [3.05, 3.63) is 24.3 Å². The number of β-amino-alcohol motifs (C(OH)–C–C–N with tert-alkyl or cyclic N) is 1. The molecule has 0 spiro atoms. The second-order valence-electron chi connectivity index (χ2n) is 6.20. The number of aliphatic hydroxyl groups is 1. The lowest BCUT2D eigenvalue weighted by Gasteiger charge is -2.41. The number of benzene rings is 1. The monoisotopic (exact) mass is 264 g/mol. The molecule has 1 aromatic carbocycles. The number of ether oxygens (including phenoxy) is 1. The van der Waals surface area contributed by atoms with Gasteiger partial charge < -0.3 is 20.1 Å². The summed E-state index contributed by atoms with van der Waals surface area (Å²) in [5.74, 6) is 0.848. The zero-order valence-corrected chi connectivity index (χ0v) is 12.2. The molecule has 1 unspecified atom stereocenters. The molecule has 0 radical (unpaired) electrons. The Morgan fingerprint density at radius 3 is 2.37 bits per heavy atom. The van der Waals surface area contributed by atoms with Crippen LogP contribution in [0, 0.1) is 0 Å². The van der Waals surface area contributed by atoms with Crippen molar-refractivity contribution in [1.82, 2.24) is 5.32 Å². The molecule has 106 valence electrons. The van der Waals surface area contributed by atoms with E-state index in [1.807, 2.05) is 31.2 Å². The van der Waals surface area contributed by atoms with Gasteiger partial charge in [0.15, 0.2) is 0 Å². The summed E-state index contributed by atoms with van der Waals surface area (Å²) in [5, 5.41) is 13.7. The molecule has 1 fully saturated rings. The van der Waals surface area contributed by atoms with Crippen molar-refractivity contribution in [2.45, 2.75) is 31.9 Å². The van der Waals surface area contributed by atoms with Gasteiger partial charge >= 0.3 is 0 Å². The summed E-state index contributed by atoms with van der Waals surface area (Å²) >= 11 is 0. The summed E-state index contributed by atoms with van der Waals surface area (Å²) in [7, 11) is 1.67. The average molecular weight is 264 g/mol. The third-order valence-corrected chi connectivity index (χ3v) is 3.68. The van der Waals surface area contributed by atoms with Gasteiger partial charge in [-0.3, -0.25) is 0 Å². The molecule has 1 aromatic rings. The molecule has 0 bridgehead atoms. The van der Waals surface area contributed by atoms with Gasteiger partial charge in [-0.1, -0.05) is 0 Å². The average Bonchev–Trinajstić information content (AvgIpc) is 2.45. The first-order valence-electron chi connectivity index (χ1n) is 6.69. The van der Waals surface area contributed by atoms with E-state index in [2.05, 4.69) is 24.1 Å². The molecule has 0 amide bonds. The molecule has 1 aliphatic rings. The predicted molar refractivity (Wildman–Crippen MR) is 77.9 cm³/mol. The number of methoxy groups -OCH3 is 1. The van der Waals surface area contributed by atoms with Crippen LogP contribution in [0.1, 0.15) is 20.8 Å². The van der Waals surface area contributed by atoms with Crippen molar-refractivity contribution in [2.24, 2.45) is 0 Å².